The highest BCUT2D eigenvalue weighted by molar-refractivity contribution is 5.96. The average molecular weight is 453 g/mol. The smallest absolute Gasteiger partial charge is 0.372 e. The Balaban J connectivity index is 2.05. The van der Waals surface area contributed by atoms with E-state index in [0.717, 1.165) is 16.7 Å². The van der Waals surface area contributed by atoms with Crippen LogP contribution >= 0.6 is 0 Å². The van der Waals surface area contributed by atoms with Crippen molar-refractivity contribution in [1.82, 2.24) is 0 Å². The number of ketones is 1. The molecule has 172 valence electrons. The van der Waals surface area contributed by atoms with Crippen molar-refractivity contribution >= 4 is 11.9 Å². The molecule has 3 aromatic rings. The minimum Gasteiger partial charge on any atom is -0.372 e. The van der Waals surface area contributed by atoms with Crippen molar-refractivity contribution in [2.45, 2.75) is 45.4 Å². The van der Waals surface area contributed by atoms with Gasteiger partial charge < -0.3 is 5.11 Å². The Labute approximate surface area is 192 Å². The molecule has 1 atom stereocenters. The van der Waals surface area contributed by atoms with Gasteiger partial charge in [0.15, 0.2) is 5.78 Å². The number of benzene rings is 3. The molecule has 0 aromatic heterocycles. The molecule has 0 aliphatic rings. The average Bonchev–Trinajstić information content (AvgIpc) is 2.77. The van der Waals surface area contributed by atoms with Gasteiger partial charge in [-0.2, -0.15) is 13.2 Å². The molecule has 0 radical (unpaired) electrons. The normalized spacial score (nSPS) is 14.1. The van der Waals surface area contributed by atoms with Crippen LogP contribution < -0.4 is 0 Å². The summed E-state index contributed by atoms with van der Waals surface area (Å²) in [6.45, 7) is 5.54. The fraction of sp³-hybridized carbons (Fsp3) is 0.250. The molecule has 0 amide bonds. The molecule has 1 N–H and O–H groups in total. The zero-order chi connectivity index (χ0) is 24.2. The van der Waals surface area contributed by atoms with E-state index in [-0.39, 0.29) is 29.8 Å². The zero-order valence-corrected chi connectivity index (χ0v) is 18.9. The van der Waals surface area contributed by atoms with E-state index in [9.17, 15) is 23.1 Å². The molecule has 2 nitrogen and oxygen atoms in total. The van der Waals surface area contributed by atoms with E-state index in [2.05, 4.69) is 0 Å². The fourth-order valence-electron chi connectivity index (χ4n) is 3.68. The summed E-state index contributed by atoms with van der Waals surface area (Å²) in [4.78, 5) is 12.7. The first kappa shape index (κ1) is 24.5. The standard InChI is InChI=1S/C28H27F3O2/c1-19-4-10-22(11-5-19)18-25(16-17-26(32)23-12-6-20(2)7-13-23)27(33,28(29,30)31)24-14-8-21(3)9-15-24/h4-15,18,33H,16-17H2,1-3H3/b25-18-. The molecule has 0 spiro atoms. The van der Waals surface area contributed by atoms with Gasteiger partial charge in [-0.15, -0.1) is 0 Å². The van der Waals surface area contributed by atoms with Crippen LogP contribution in [0.2, 0.25) is 0 Å². The molecule has 3 aromatic carbocycles. The van der Waals surface area contributed by atoms with Crippen LogP contribution in [-0.4, -0.2) is 17.1 Å². The van der Waals surface area contributed by atoms with Crippen LogP contribution in [-0.2, 0) is 5.60 Å². The van der Waals surface area contributed by atoms with E-state index < -0.39 is 11.8 Å². The number of rotatable bonds is 7. The van der Waals surface area contributed by atoms with Crippen LogP contribution in [0.3, 0.4) is 0 Å². The Morgan fingerprint density at radius 1 is 0.758 bits per heavy atom. The summed E-state index contributed by atoms with van der Waals surface area (Å²) < 4.78 is 43.3. The van der Waals surface area contributed by atoms with Crippen molar-refractivity contribution in [3.63, 3.8) is 0 Å². The molecule has 0 aliphatic carbocycles. The third-order valence-corrected chi connectivity index (χ3v) is 5.76. The van der Waals surface area contributed by atoms with Gasteiger partial charge in [-0.1, -0.05) is 95.6 Å². The molecule has 0 aliphatic heterocycles. The molecule has 0 bridgehead atoms. The number of aryl methyl sites for hydroxylation is 3. The first-order valence-electron chi connectivity index (χ1n) is 10.7. The molecule has 0 saturated carbocycles. The number of alkyl halides is 3. The number of aliphatic hydroxyl groups is 1. The van der Waals surface area contributed by atoms with Gasteiger partial charge in [-0.3, -0.25) is 4.79 Å². The summed E-state index contributed by atoms with van der Waals surface area (Å²) in [5, 5.41) is 11.2. The molecule has 5 heteroatoms. The monoisotopic (exact) mass is 452 g/mol. The molecule has 33 heavy (non-hydrogen) atoms. The second-order valence-corrected chi connectivity index (χ2v) is 8.44. The van der Waals surface area contributed by atoms with Gasteiger partial charge in [0.1, 0.15) is 0 Å². The third kappa shape index (κ3) is 5.60. The Morgan fingerprint density at radius 2 is 1.21 bits per heavy atom. The first-order valence-corrected chi connectivity index (χ1v) is 10.7. The van der Waals surface area contributed by atoms with Crippen LogP contribution in [0.5, 0.6) is 0 Å². The van der Waals surface area contributed by atoms with Crippen LogP contribution in [0.4, 0.5) is 13.2 Å². The number of carbonyl (C=O) groups is 1. The predicted octanol–water partition coefficient (Wildman–Crippen LogP) is 7.11. The van der Waals surface area contributed by atoms with Gasteiger partial charge in [0, 0.05) is 12.0 Å². The van der Waals surface area contributed by atoms with Gasteiger partial charge in [-0.25, -0.2) is 0 Å². The Bertz CT molecular complexity index is 1130. The third-order valence-electron chi connectivity index (χ3n) is 5.76. The highest BCUT2D eigenvalue weighted by atomic mass is 19.4. The summed E-state index contributed by atoms with van der Waals surface area (Å²) in [5.41, 5.74) is -0.0922. The van der Waals surface area contributed by atoms with Gasteiger partial charge in [0.2, 0.25) is 5.60 Å². The molecule has 1 unspecified atom stereocenters. The summed E-state index contributed by atoms with van der Waals surface area (Å²) >= 11 is 0. The largest absolute Gasteiger partial charge is 0.425 e. The first-order chi connectivity index (χ1) is 15.5. The lowest BCUT2D eigenvalue weighted by Crippen LogP contribution is -2.44. The number of carbonyl (C=O) groups excluding carboxylic acids is 1. The molecule has 0 saturated heterocycles. The number of Topliss-reactive ketones (excluding diaryl/α,β-unsaturated/α-hetero) is 1. The van der Waals surface area contributed by atoms with Crippen molar-refractivity contribution in [3.05, 3.63) is 112 Å². The Kier molecular flexibility index (Phi) is 7.23. The SMILES string of the molecule is Cc1ccc(/C=C(/CCC(=O)c2ccc(C)cc2)C(O)(c2ccc(C)cc2)C(F)(F)F)cc1. The highest BCUT2D eigenvalue weighted by Crippen LogP contribution is 2.46. The van der Waals surface area contributed by atoms with E-state index in [1.165, 1.54) is 30.3 Å². The van der Waals surface area contributed by atoms with Gasteiger partial charge >= 0.3 is 6.18 Å². The van der Waals surface area contributed by atoms with E-state index >= 15 is 0 Å². The van der Waals surface area contributed by atoms with E-state index in [1.807, 2.05) is 13.8 Å². The lowest BCUT2D eigenvalue weighted by atomic mass is 9.81. The minimum absolute atomic E-state index is 0.162. The van der Waals surface area contributed by atoms with Crippen molar-refractivity contribution in [3.8, 4) is 0 Å². The second-order valence-electron chi connectivity index (χ2n) is 8.44. The zero-order valence-electron chi connectivity index (χ0n) is 18.9. The van der Waals surface area contributed by atoms with Crippen molar-refractivity contribution in [1.29, 1.82) is 0 Å². The molecule has 0 heterocycles. The highest BCUT2D eigenvalue weighted by Gasteiger charge is 2.57. The molecular formula is C28H27F3O2. The maximum atomic E-state index is 14.4. The van der Waals surface area contributed by atoms with Crippen molar-refractivity contribution in [2.24, 2.45) is 0 Å². The summed E-state index contributed by atoms with van der Waals surface area (Å²) in [7, 11) is 0. The Morgan fingerprint density at radius 3 is 1.70 bits per heavy atom. The summed E-state index contributed by atoms with van der Waals surface area (Å²) in [5.74, 6) is -0.279. The van der Waals surface area contributed by atoms with Crippen LogP contribution in [0.15, 0.2) is 78.4 Å². The van der Waals surface area contributed by atoms with Crippen LogP contribution in [0.25, 0.3) is 6.08 Å². The van der Waals surface area contributed by atoms with Gasteiger partial charge in [-0.05, 0) is 43.9 Å². The van der Waals surface area contributed by atoms with Gasteiger partial charge in [0.25, 0.3) is 0 Å². The Hall–Kier alpha value is -3.18. The molecule has 0 fully saturated rings. The fourth-order valence-corrected chi connectivity index (χ4v) is 3.68. The van der Waals surface area contributed by atoms with Gasteiger partial charge in [0.05, 0.1) is 0 Å². The second kappa shape index (κ2) is 9.75. The number of hydrogen-bond donors (Lipinski definition) is 1. The topological polar surface area (TPSA) is 37.3 Å². The number of halogens is 3. The molecular weight excluding hydrogens is 425 g/mol. The summed E-state index contributed by atoms with van der Waals surface area (Å²) in [6.07, 6.45) is -4.05. The quantitative estimate of drug-likeness (QED) is 0.388. The van der Waals surface area contributed by atoms with E-state index in [0.29, 0.717) is 11.1 Å². The lowest BCUT2D eigenvalue weighted by molar-refractivity contribution is -0.250. The summed E-state index contributed by atoms with van der Waals surface area (Å²) in [6, 6.07) is 19.5. The maximum Gasteiger partial charge on any atom is 0.425 e. The van der Waals surface area contributed by atoms with Crippen LogP contribution in [0, 0.1) is 20.8 Å². The van der Waals surface area contributed by atoms with E-state index in [1.54, 1.807) is 55.5 Å². The van der Waals surface area contributed by atoms with Crippen molar-refractivity contribution in [2.75, 3.05) is 0 Å². The van der Waals surface area contributed by atoms with E-state index in [4.69, 9.17) is 0 Å². The predicted molar refractivity (Wildman–Crippen MR) is 125 cm³/mol. The number of hydrogen-bond acceptors (Lipinski definition) is 2. The maximum absolute atomic E-state index is 14.4. The van der Waals surface area contributed by atoms with Crippen molar-refractivity contribution < 1.29 is 23.1 Å². The minimum atomic E-state index is -4.98. The lowest BCUT2D eigenvalue weighted by Gasteiger charge is -2.34. The molecule has 3 rings (SSSR count). The van der Waals surface area contributed by atoms with Crippen LogP contribution in [0.1, 0.15) is 51.0 Å².